The molecule has 11 aromatic rings. The lowest BCUT2D eigenvalue weighted by Gasteiger charge is -2.11. The van der Waals surface area contributed by atoms with Gasteiger partial charge in [0.05, 0.1) is 0 Å². The summed E-state index contributed by atoms with van der Waals surface area (Å²) in [6, 6.07) is 60.4. The molecule has 3 heterocycles. The van der Waals surface area contributed by atoms with Crippen LogP contribution >= 0.6 is 0 Å². The van der Waals surface area contributed by atoms with Gasteiger partial charge in [0.15, 0.2) is 17.5 Å². The van der Waals surface area contributed by atoms with Crippen molar-refractivity contribution >= 4 is 54.6 Å². The second-order valence-corrected chi connectivity index (χ2v) is 13.6. The van der Waals surface area contributed by atoms with Crippen molar-refractivity contribution in [1.29, 1.82) is 0 Å². The monoisotopic (exact) mass is 691 g/mol. The Bertz CT molecular complexity index is 3210. The van der Waals surface area contributed by atoms with Crippen molar-refractivity contribution in [1.82, 2.24) is 15.0 Å². The lowest BCUT2D eigenvalue weighted by Crippen LogP contribution is -2.00. The predicted molar refractivity (Wildman–Crippen MR) is 219 cm³/mol. The highest BCUT2D eigenvalue weighted by Gasteiger charge is 2.17. The molecular formula is C49H29N3O2. The van der Waals surface area contributed by atoms with E-state index in [4.69, 9.17) is 23.8 Å². The van der Waals surface area contributed by atoms with Crippen LogP contribution in [0.5, 0.6) is 0 Å². The summed E-state index contributed by atoms with van der Waals surface area (Å²) in [5.74, 6) is 1.81. The minimum atomic E-state index is 0.602. The van der Waals surface area contributed by atoms with Crippen molar-refractivity contribution in [2.24, 2.45) is 0 Å². The van der Waals surface area contributed by atoms with E-state index in [9.17, 15) is 0 Å². The first-order valence-corrected chi connectivity index (χ1v) is 18.0. The first-order valence-electron chi connectivity index (χ1n) is 18.0. The molecule has 0 atom stereocenters. The highest BCUT2D eigenvalue weighted by Crippen LogP contribution is 2.39. The molecule has 252 valence electrons. The fourth-order valence-electron chi connectivity index (χ4n) is 7.73. The maximum absolute atomic E-state index is 6.24. The van der Waals surface area contributed by atoms with E-state index < -0.39 is 0 Å². The van der Waals surface area contributed by atoms with Crippen LogP contribution in [-0.4, -0.2) is 15.0 Å². The third-order valence-electron chi connectivity index (χ3n) is 10.3. The Balaban J connectivity index is 1.08. The molecule has 3 aromatic heterocycles. The first kappa shape index (κ1) is 30.3. The average Bonchev–Trinajstić information content (AvgIpc) is 3.83. The zero-order valence-corrected chi connectivity index (χ0v) is 28.9. The molecule has 54 heavy (non-hydrogen) atoms. The quantitative estimate of drug-likeness (QED) is 0.180. The Morgan fingerprint density at radius 1 is 0.296 bits per heavy atom. The second kappa shape index (κ2) is 12.1. The number of aromatic nitrogens is 3. The van der Waals surface area contributed by atoms with Crippen LogP contribution < -0.4 is 0 Å². The van der Waals surface area contributed by atoms with Crippen LogP contribution in [0.2, 0.25) is 0 Å². The van der Waals surface area contributed by atoms with Crippen LogP contribution in [0.1, 0.15) is 0 Å². The van der Waals surface area contributed by atoms with Gasteiger partial charge in [-0.3, -0.25) is 0 Å². The van der Waals surface area contributed by atoms with Crippen molar-refractivity contribution in [3.63, 3.8) is 0 Å². The molecule has 0 aliphatic heterocycles. The fraction of sp³-hybridized carbons (Fsp3) is 0. The molecule has 0 bridgehead atoms. The Morgan fingerprint density at radius 2 is 0.815 bits per heavy atom. The Labute approximate surface area is 309 Å². The predicted octanol–water partition coefficient (Wildman–Crippen LogP) is 13.2. The van der Waals surface area contributed by atoms with E-state index in [1.165, 1.54) is 0 Å². The minimum Gasteiger partial charge on any atom is -0.456 e. The molecule has 0 amide bonds. The third kappa shape index (κ3) is 4.98. The highest BCUT2D eigenvalue weighted by atomic mass is 16.3. The van der Waals surface area contributed by atoms with Gasteiger partial charge >= 0.3 is 0 Å². The van der Waals surface area contributed by atoms with Gasteiger partial charge in [-0.1, -0.05) is 140 Å². The third-order valence-corrected chi connectivity index (χ3v) is 10.3. The molecule has 8 aromatic carbocycles. The number of fused-ring (bicyclic) bond motifs is 8. The van der Waals surface area contributed by atoms with Gasteiger partial charge in [0, 0.05) is 38.2 Å². The van der Waals surface area contributed by atoms with Gasteiger partial charge in [-0.25, -0.2) is 15.0 Å². The zero-order valence-electron chi connectivity index (χ0n) is 28.9. The van der Waals surface area contributed by atoms with Crippen molar-refractivity contribution in [3.05, 3.63) is 176 Å². The molecule has 0 saturated carbocycles. The fourth-order valence-corrected chi connectivity index (χ4v) is 7.73. The molecule has 0 radical (unpaired) electrons. The SMILES string of the molecule is c1ccc(-c2cccc(-c3nc(-c4ccc(-c5cccc6oc7ccccc7c56)cc4)nc(-c4ccc5ccc6oc7ccccc7c6c5c4)n3)c2)cc1. The summed E-state index contributed by atoms with van der Waals surface area (Å²) < 4.78 is 12.4. The van der Waals surface area contributed by atoms with Crippen molar-refractivity contribution in [3.8, 4) is 56.4 Å². The lowest BCUT2D eigenvalue weighted by molar-refractivity contribution is 0.668. The summed E-state index contributed by atoms with van der Waals surface area (Å²) >= 11 is 0. The molecule has 0 saturated heterocycles. The summed E-state index contributed by atoms with van der Waals surface area (Å²) in [4.78, 5) is 15.4. The molecule has 0 aliphatic carbocycles. The van der Waals surface area contributed by atoms with Crippen LogP contribution in [0.4, 0.5) is 0 Å². The first-order chi connectivity index (χ1) is 26.7. The van der Waals surface area contributed by atoms with Crippen LogP contribution in [0, 0.1) is 0 Å². The van der Waals surface area contributed by atoms with Crippen LogP contribution in [-0.2, 0) is 0 Å². The van der Waals surface area contributed by atoms with E-state index in [0.29, 0.717) is 17.5 Å². The molecule has 5 nitrogen and oxygen atoms in total. The lowest BCUT2D eigenvalue weighted by atomic mass is 9.98. The molecule has 5 heteroatoms. The number of hydrogen-bond donors (Lipinski definition) is 0. The van der Waals surface area contributed by atoms with Gasteiger partial charge in [-0.15, -0.1) is 0 Å². The molecule has 0 N–H and O–H groups in total. The number of nitrogens with zero attached hydrogens (tertiary/aromatic N) is 3. The van der Waals surface area contributed by atoms with Gasteiger partial charge in [-0.2, -0.15) is 0 Å². The Kier molecular flexibility index (Phi) is 6.79. The van der Waals surface area contributed by atoms with Crippen molar-refractivity contribution in [2.45, 2.75) is 0 Å². The van der Waals surface area contributed by atoms with Crippen LogP contribution in [0.15, 0.2) is 185 Å². The van der Waals surface area contributed by atoms with Crippen LogP contribution in [0.3, 0.4) is 0 Å². The topological polar surface area (TPSA) is 65.0 Å². The number of rotatable bonds is 5. The standard InChI is InChI=1S/C49H29N3O2/c1-2-10-30(11-3-1)34-12-8-13-35(28-34)48-50-47(33-23-20-31(21-24-33)37-16-9-19-43-45(37)38-14-4-6-17-41(38)53-43)51-49(52-48)36-25-22-32-26-27-44-46(40(32)29-36)39-15-5-7-18-42(39)54-44/h1-29H. The largest absolute Gasteiger partial charge is 0.456 e. The van der Waals surface area contributed by atoms with Gasteiger partial charge in [0.25, 0.3) is 0 Å². The summed E-state index contributed by atoms with van der Waals surface area (Å²) in [5, 5.41) is 6.61. The van der Waals surface area contributed by atoms with Crippen LogP contribution in [0.25, 0.3) is 111 Å². The van der Waals surface area contributed by atoms with Gasteiger partial charge < -0.3 is 8.83 Å². The van der Waals surface area contributed by atoms with Gasteiger partial charge in [0.2, 0.25) is 0 Å². The summed E-state index contributed by atoms with van der Waals surface area (Å²) in [5.41, 5.74) is 10.6. The zero-order chi connectivity index (χ0) is 35.6. The number of para-hydroxylation sites is 2. The summed E-state index contributed by atoms with van der Waals surface area (Å²) in [7, 11) is 0. The second-order valence-electron chi connectivity index (χ2n) is 13.6. The average molecular weight is 692 g/mol. The Morgan fingerprint density at radius 3 is 1.57 bits per heavy atom. The normalized spacial score (nSPS) is 11.7. The van der Waals surface area contributed by atoms with Gasteiger partial charge in [0.1, 0.15) is 22.3 Å². The minimum absolute atomic E-state index is 0.602. The van der Waals surface area contributed by atoms with Gasteiger partial charge in [-0.05, 0) is 69.4 Å². The Hall–Kier alpha value is -7.37. The molecular weight excluding hydrogens is 663 g/mol. The number of benzene rings is 8. The van der Waals surface area contributed by atoms with Crippen molar-refractivity contribution in [2.75, 3.05) is 0 Å². The molecule has 0 aliphatic rings. The maximum Gasteiger partial charge on any atom is 0.164 e. The number of hydrogen-bond acceptors (Lipinski definition) is 5. The van der Waals surface area contributed by atoms with Crippen molar-refractivity contribution < 1.29 is 8.83 Å². The molecule has 0 unspecified atom stereocenters. The summed E-state index contributed by atoms with van der Waals surface area (Å²) in [6.45, 7) is 0. The maximum atomic E-state index is 6.24. The van der Waals surface area contributed by atoms with E-state index in [-0.39, 0.29) is 0 Å². The highest BCUT2D eigenvalue weighted by molar-refractivity contribution is 6.19. The summed E-state index contributed by atoms with van der Waals surface area (Å²) in [6.07, 6.45) is 0. The smallest absolute Gasteiger partial charge is 0.164 e. The van der Waals surface area contributed by atoms with E-state index in [0.717, 1.165) is 93.6 Å². The van der Waals surface area contributed by atoms with E-state index in [2.05, 4.69) is 133 Å². The van der Waals surface area contributed by atoms with E-state index in [1.807, 2.05) is 42.5 Å². The van der Waals surface area contributed by atoms with E-state index in [1.54, 1.807) is 0 Å². The van der Waals surface area contributed by atoms with E-state index >= 15 is 0 Å². The molecule has 11 rings (SSSR count). The number of furan rings is 2. The molecule has 0 fully saturated rings. The molecule has 0 spiro atoms.